The molecule has 1 unspecified atom stereocenters. The van der Waals surface area contributed by atoms with Crippen LogP contribution in [0.1, 0.15) is 17.1 Å². The van der Waals surface area contributed by atoms with Crippen LogP contribution in [0.15, 0.2) is 35.7 Å². The average Bonchev–Trinajstić information content (AvgIpc) is 3.16. The zero-order valence-corrected chi connectivity index (χ0v) is 12.2. The van der Waals surface area contributed by atoms with Crippen molar-refractivity contribution in [1.29, 1.82) is 0 Å². The molecule has 1 aromatic heterocycles. The zero-order chi connectivity index (χ0) is 13.6. The third kappa shape index (κ3) is 3.79. The summed E-state index contributed by atoms with van der Waals surface area (Å²) in [6.07, 6.45) is 1.20. The van der Waals surface area contributed by atoms with Gasteiger partial charge in [-0.2, -0.15) is 0 Å². The number of para-hydroxylation sites is 1. The maximum atomic E-state index is 5.70. The van der Waals surface area contributed by atoms with Crippen LogP contribution in [-0.2, 0) is 13.2 Å². The van der Waals surface area contributed by atoms with Gasteiger partial charge in [0.15, 0.2) is 0 Å². The fourth-order valence-corrected chi connectivity index (χ4v) is 2.94. The molecule has 4 nitrogen and oxygen atoms in total. The Morgan fingerprint density at radius 2 is 2.25 bits per heavy atom. The second kappa shape index (κ2) is 6.83. The van der Waals surface area contributed by atoms with Gasteiger partial charge in [-0.05, 0) is 25.1 Å². The van der Waals surface area contributed by atoms with E-state index in [0.717, 1.165) is 36.1 Å². The highest BCUT2D eigenvalue weighted by atomic mass is 32.1. The summed E-state index contributed by atoms with van der Waals surface area (Å²) in [7, 11) is 0. The lowest BCUT2D eigenvalue weighted by molar-refractivity contribution is 0.305. The summed E-state index contributed by atoms with van der Waals surface area (Å²) in [5.74, 6) is 0.888. The van der Waals surface area contributed by atoms with Crippen molar-refractivity contribution < 1.29 is 4.74 Å². The van der Waals surface area contributed by atoms with Crippen LogP contribution in [0.3, 0.4) is 0 Å². The number of rotatable bonds is 6. The van der Waals surface area contributed by atoms with E-state index < -0.39 is 0 Å². The topological polar surface area (TPSA) is 46.2 Å². The number of hydrogen-bond acceptors (Lipinski definition) is 5. The summed E-state index contributed by atoms with van der Waals surface area (Å²) in [4.78, 5) is 4.60. The smallest absolute Gasteiger partial charge is 0.140 e. The Hall–Kier alpha value is -1.43. The van der Waals surface area contributed by atoms with E-state index in [1.165, 1.54) is 6.42 Å². The minimum Gasteiger partial charge on any atom is -0.486 e. The Balaban J connectivity index is 1.46. The van der Waals surface area contributed by atoms with Crippen LogP contribution in [0.4, 0.5) is 0 Å². The Morgan fingerprint density at radius 1 is 1.35 bits per heavy atom. The molecule has 1 aromatic carbocycles. The third-order valence-electron chi connectivity index (χ3n) is 3.34. The molecule has 2 N–H and O–H groups in total. The molecule has 2 aromatic rings. The molecule has 1 fully saturated rings. The van der Waals surface area contributed by atoms with Crippen molar-refractivity contribution in [2.24, 2.45) is 0 Å². The third-order valence-corrected chi connectivity index (χ3v) is 4.21. The van der Waals surface area contributed by atoms with E-state index in [2.05, 4.69) is 21.0 Å². The van der Waals surface area contributed by atoms with Crippen LogP contribution in [0.5, 0.6) is 5.75 Å². The van der Waals surface area contributed by atoms with E-state index in [1.54, 1.807) is 11.3 Å². The lowest BCUT2D eigenvalue weighted by atomic mass is 10.2. The van der Waals surface area contributed by atoms with Crippen LogP contribution in [0.2, 0.25) is 0 Å². The predicted molar refractivity (Wildman–Crippen MR) is 81.0 cm³/mol. The summed E-state index contributed by atoms with van der Waals surface area (Å²) >= 11 is 1.66. The molecule has 106 valence electrons. The van der Waals surface area contributed by atoms with Gasteiger partial charge in [0.25, 0.3) is 0 Å². The first-order valence-corrected chi connectivity index (χ1v) is 7.83. The van der Waals surface area contributed by atoms with Gasteiger partial charge in [-0.25, -0.2) is 4.98 Å². The Bertz CT molecular complexity index is 523. The van der Waals surface area contributed by atoms with Crippen LogP contribution >= 0.6 is 11.3 Å². The molecule has 0 radical (unpaired) electrons. The highest BCUT2D eigenvalue weighted by molar-refractivity contribution is 7.09. The summed E-state index contributed by atoms with van der Waals surface area (Å²) in [5.41, 5.74) is 1.11. The number of thiazole rings is 1. The van der Waals surface area contributed by atoms with Gasteiger partial charge in [-0.1, -0.05) is 18.2 Å². The molecular weight excluding hydrogens is 270 g/mol. The minimum atomic E-state index is 0.541. The maximum absolute atomic E-state index is 5.70. The minimum absolute atomic E-state index is 0.541. The van der Waals surface area contributed by atoms with Gasteiger partial charge < -0.3 is 15.4 Å². The quantitative estimate of drug-likeness (QED) is 0.855. The molecule has 0 spiro atoms. The highest BCUT2D eigenvalue weighted by Crippen LogP contribution is 2.15. The lowest BCUT2D eigenvalue weighted by Gasteiger charge is -2.08. The summed E-state index contributed by atoms with van der Waals surface area (Å²) < 4.78 is 5.70. The Morgan fingerprint density at radius 3 is 3.05 bits per heavy atom. The molecule has 1 aliphatic heterocycles. The Kier molecular flexibility index (Phi) is 4.63. The van der Waals surface area contributed by atoms with Gasteiger partial charge in [-0.3, -0.25) is 0 Å². The molecule has 0 saturated carbocycles. The summed E-state index contributed by atoms with van der Waals surface area (Å²) in [6.45, 7) is 3.56. The molecule has 3 rings (SSSR count). The first kappa shape index (κ1) is 13.5. The van der Waals surface area contributed by atoms with E-state index in [1.807, 2.05) is 30.3 Å². The highest BCUT2D eigenvalue weighted by Gasteiger charge is 2.13. The average molecular weight is 289 g/mol. The van der Waals surface area contributed by atoms with E-state index in [-0.39, 0.29) is 0 Å². The molecule has 0 bridgehead atoms. The number of aromatic nitrogens is 1. The predicted octanol–water partition coefficient (Wildman–Crippen LogP) is 2.17. The molecule has 20 heavy (non-hydrogen) atoms. The van der Waals surface area contributed by atoms with E-state index in [4.69, 9.17) is 4.74 Å². The summed E-state index contributed by atoms with van der Waals surface area (Å²) in [5, 5.41) is 10.0. The second-order valence-electron chi connectivity index (χ2n) is 4.90. The fraction of sp³-hybridized carbons (Fsp3) is 0.400. The van der Waals surface area contributed by atoms with Gasteiger partial charge >= 0.3 is 0 Å². The van der Waals surface area contributed by atoms with Crippen LogP contribution in [-0.4, -0.2) is 24.1 Å². The van der Waals surface area contributed by atoms with Crippen molar-refractivity contribution in [3.05, 3.63) is 46.4 Å². The monoisotopic (exact) mass is 289 g/mol. The van der Waals surface area contributed by atoms with E-state index >= 15 is 0 Å². The van der Waals surface area contributed by atoms with Crippen molar-refractivity contribution in [2.45, 2.75) is 25.6 Å². The molecule has 0 aliphatic carbocycles. The summed E-state index contributed by atoms with van der Waals surface area (Å²) in [6, 6.07) is 10.4. The molecule has 1 atom stereocenters. The van der Waals surface area contributed by atoms with Crippen molar-refractivity contribution >= 4 is 11.3 Å². The SMILES string of the molecule is c1ccc(OCc2nc(CNC3CCNC3)cs2)cc1. The number of nitrogens with one attached hydrogen (secondary N) is 2. The number of nitrogens with zero attached hydrogens (tertiary/aromatic N) is 1. The second-order valence-corrected chi connectivity index (χ2v) is 5.85. The van der Waals surface area contributed by atoms with Gasteiger partial charge in [0.1, 0.15) is 17.4 Å². The van der Waals surface area contributed by atoms with E-state index in [9.17, 15) is 0 Å². The van der Waals surface area contributed by atoms with Gasteiger partial charge in [-0.15, -0.1) is 11.3 Å². The first-order valence-electron chi connectivity index (χ1n) is 6.95. The number of benzene rings is 1. The normalized spacial score (nSPS) is 18.3. The lowest BCUT2D eigenvalue weighted by Crippen LogP contribution is -2.30. The molecule has 2 heterocycles. The fourth-order valence-electron chi connectivity index (χ4n) is 2.24. The first-order chi connectivity index (χ1) is 9.90. The molecular formula is C15H19N3OS. The van der Waals surface area contributed by atoms with Crippen LogP contribution < -0.4 is 15.4 Å². The van der Waals surface area contributed by atoms with Crippen LogP contribution in [0.25, 0.3) is 0 Å². The maximum Gasteiger partial charge on any atom is 0.140 e. The van der Waals surface area contributed by atoms with Gasteiger partial charge in [0.2, 0.25) is 0 Å². The van der Waals surface area contributed by atoms with Crippen molar-refractivity contribution in [3.8, 4) is 5.75 Å². The molecule has 1 saturated heterocycles. The standard InChI is InChI=1S/C15H19N3OS/c1-2-4-14(5-3-1)19-10-15-18-13(11-20-15)9-17-12-6-7-16-8-12/h1-5,11-12,16-17H,6-10H2. The molecule has 5 heteroatoms. The molecule has 0 amide bonds. The van der Waals surface area contributed by atoms with Gasteiger partial charge in [0, 0.05) is 24.5 Å². The number of ether oxygens (including phenoxy) is 1. The van der Waals surface area contributed by atoms with Crippen molar-refractivity contribution in [2.75, 3.05) is 13.1 Å². The van der Waals surface area contributed by atoms with E-state index in [0.29, 0.717) is 12.6 Å². The molecule has 1 aliphatic rings. The zero-order valence-electron chi connectivity index (χ0n) is 11.3. The van der Waals surface area contributed by atoms with Crippen molar-refractivity contribution in [1.82, 2.24) is 15.6 Å². The van der Waals surface area contributed by atoms with Gasteiger partial charge in [0.05, 0.1) is 5.69 Å². The number of hydrogen-bond donors (Lipinski definition) is 2. The van der Waals surface area contributed by atoms with Crippen molar-refractivity contribution in [3.63, 3.8) is 0 Å². The largest absolute Gasteiger partial charge is 0.486 e. The Labute approximate surface area is 123 Å². The van der Waals surface area contributed by atoms with Crippen LogP contribution in [0, 0.1) is 0 Å².